The first kappa shape index (κ1) is 16.4. The Balaban J connectivity index is 2.52. The van der Waals surface area contributed by atoms with Gasteiger partial charge in [-0.3, -0.25) is 4.79 Å². The number of nitrogens with zero attached hydrogens (tertiary/aromatic N) is 2. The molecular formula is C11H22N2O5S. The predicted molar refractivity (Wildman–Crippen MR) is 70.0 cm³/mol. The largest absolute Gasteiger partial charge is 0.481 e. The van der Waals surface area contributed by atoms with Gasteiger partial charge < -0.3 is 9.84 Å². The fourth-order valence-electron chi connectivity index (χ4n) is 2.02. The number of hydrogen-bond acceptors (Lipinski definition) is 4. The van der Waals surface area contributed by atoms with Crippen molar-refractivity contribution in [3.63, 3.8) is 0 Å². The highest BCUT2D eigenvalue weighted by Gasteiger charge is 2.27. The van der Waals surface area contributed by atoms with Crippen LogP contribution in [0.1, 0.15) is 19.3 Å². The van der Waals surface area contributed by atoms with Crippen LogP contribution >= 0.6 is 0 Å². The smallest absolute Gasteiger partial charge is 0.304 e. The zero-order valence-electron chi connectivity index (χ0n) is 11.4. The summed E-state index contributed by atoms with van der Waals surface area (Å²) in [6.07, 6.45) is 1.71. The fraction of sp³-hybridized carbons (Fsp3) is 0.909. The van der Waals surface area contributed by atoms with Gasteiger partial charge in [-0.05, 0) is 18.8 Å². The van der Waals surface area contributed by atoms with Crippen LogP contribution in [0.5, 0.6) is 0 Å². The predicted octanol–water partition coefficient (Wildman–Crippen LogP) is -0.00390. The molecule has 0 aliphatic carbocycles. The first-order chi connectivity index (χ1) is 8.84. The Morgan fingerprint density at radius 2 is 2.05 bits per heavy atom. The topological polar surface area (TPSA) is 87.2 Å². The summed E-state index contributed by atoms with van der Waals surface area (Å²) >= 11 is 0. The van der Waals surface area contributed by atoms with Crippen LogP contribution in [0, 0.1) is 5.92 Å². The Hall–Kier alpha value is -0.700. The molecule has 8 heteroatoms. The molecule has 1 heterocycles. The lowest BCUT2D eigenvalue weighted by Gasteiger charge is -2.29. The van der Waals surface area contributed by atoms with Crippen LogP contribution in [0.25, 0.3) is 0 Å². The molecular weight excluding hydrogens is 272 g/mol. The molecule has 7 nitrogen and oxygen atoms in total. The van der Waals surface area contributed by atoms with Crippen molar-refractivity contribution in [1.29, 1.82) is 0 Å². The van der Waals surface area contributed by atoms with Crippen LogP contribution in [0.2, 0.25) is 0 Å². The Labute approximate surface area is 114 Å². The van der Waals surface area contributed by atoms with Crippen molar-refractivity contribution in [1.82, 2.24) is 8.61 Å². The van der Waals surface area contributed by atoms with Crippen molar-refractivity contribution in [2.75, 3.05) is 40.4 Å². The van der Waals surface area contributed by atoms with Crippen LogP contribution in [0.4, 0.5) is 0 Å². The summed E-state index contributed by atoms with van der Waals surface area (Å²) in [7, 11) is -0.676. The van der Waals surface area contributed by atoms with E-state index < -0.39 is 16.2 Å². The number of carboxylic acids is 1. The monoisotopic (exact) mass is 294 g/mol. The number of carbonyl (C=O) groups is 1. The second kappa shape index (κ2) is 7.18. The number of hydrogen-bond donors (Lipinski definition) is 1. The quantitative estimate of drug-likeness (QED) is 0.714. The Morgan fingerprint density at radius 1 is 1.37 bits per heavy atom. The molecule has 1 N–H and O–H groups in total. The zero-order chi connectivity index (χ0) is 14.5. The van der Waals surface area contributed by atoms with Crippen molar-refractivity contribution in [2.24, 2.45) is 5.92 Å². The van der Waals surface area contributed by atoms with Crippen molar-refractivity contribution in [3.8, 4) is 0 Å². The van der Waals surface area contributed by atoms with Crippen LogP contribution in [0.3, 0.4) is 0 Å². The van der Waals surface area contributed by atoms with E-state index >= 15 is 0 Å². The van der Waals surface area contributed by atoms with Gasteiger partial charge in [0.15, 0.2) is 0 Å². The minimum atomic E-state index is -3.59. The van der Waals surface area contributed by atoms with Gasteiger partial charge in [0.2, 0.25) is 0 Å². The molecule has 1 atom stereocenters. The highest BCUT2D eigenvalue weighted by Crippen LogP contribution is 2.16. The second-order valence-electron chi connectivity index (χ2n) is 4.84. The molecule has 0 bridgehead atoms. The zero-order valence-corrected chi connectivity index (χ0v) is 12.2. The number of carboxylic acid groups (broad SMARTS) is 1. The van der Waals surface area contributed by atoms with Crippen molar-refractivity contribution < 1.29 is 23.1 Å². The molecule has 0 aromatic heterocycles. The van der Waals surface area contributed by atoms with Gasteiger partial charge in [-0.1, -0.05) is 0 Å². The van der Waals surface area contributed by atoms with E-state index in [0.717, 1.165) is 23.8 Å². The lowest BCUT2D eigenvalue weighted by atomic mass is 10.0. The highest BCUT2D eigenvalue weighted by molar-refractivity contribution is 7.86. The third-order valence-electron chi connectivity index (χ3n) is 3.20. The highest BCUT2D eigenvalue weighted by atomic mass is 32.2. The lowest BCUT2D eigenvalue weighted by molar-refractivity contribution is -0.137. The van der Waals surface area contributed by atoms with E-state index in [-0.39, 0.29) is 18.9 Å². The van der Waals surface area contributed by atoms with E-state index in [1.807, 2.05) is 0 Å². The molecule has 1 unspecified atom stereocenters. The van der Waals surface area contributed by atoms with Crippen LogP contribution in [-0.4, -0.2) is 68.5 Å². The molecule has 19 heavy (non-hydrogen) atoms. The van der Waals surface area contributed by atoms with Gasteiger partial charge in [-0.15, -0.1) is 0 Å². The van der Waals surface area contributed by atoms with Gasteiger partial charge in [-0.25, -0.2) is 0 Å². The van der Waals surface area contributed by atoms with Crippen LogP contribution in [-0.2, 0) is 19.7 Å². The molecule has 1 aliphatic rings. The average Bonchev–Trinajstić information content (AvgIpc) is 2.36. The first-order valence-electron chi connectivity index (χ1n) is 6.31. The first-order valence-corrected chi connectivity index (χ1v) is 7.71. The molecule has 1 saturated heterocycles. The van der Waals surface area contributed by atoms with Gasteiger partial charge in [0.05, 0.1) is 13.0 Å². The Kier molecular flexibility index (Phi) is 6.18. The summed E-state index contributed by atoms with van der Waals surface area (Å²) in [4.78, 5) is 10.5. The lowest BCUT2D eigenvalue weighted by Crippen LogP contribution is -2.43. The Morgan fingerprint density at radius 3 is 2.58 bits per heavy atom. The summed E-state index contributed by atoms with van der Waals surface area (Å²) in [5.41, 5.74) is 0. The summed E-state index contributed by atoms with van der Waals surface area (Å²) in [5.74, 6) is -0.799. The number of rotatable bonds is 7. The molecule has 1 fully saturated rings. The molecule has 0 spiro atoms. The van der Waals surface area contributed by atoms with Crippen molar-refractivity contribution in [2.45, 2.75) is 19.3 Å². The normalized spacial score (nSPS) is 20.9. The van der Waals surface area contributed by atoms with Crippen LogP contribution < -0.4 is 0 Å². The molecule has 1 rings (SSSR count). The SMILES string of the molecule is CN(CCC(=O)O)S(=O)(=O)N(C)CC1CCCOC1. The summed E-state index contributed by atoms with van der Waals surface area (Å²) in [6.45, 7) is 1.70. The standard InChI is InChI=1S/C11H22N2O5S/c1-12(6-5-11(14)15)19(16,17)13(2)8-10-4-3-7-18-9-10/h10H,3-9H2,1-2H3,(H,14,15). The molecule has 1 aliphatic heterocycles. The van der Waals surface area contributed by atoms with Gasteiger partial charge in [0.25, 0.3) is 10.2 Å². The number of aliphatic carboxylic acids is 1. The molecule has 0 aromatic rings. The second-order valence-corrected chi connectivity index (χ2v) is 6.98. The summed E-state index contributed by atoms with van der Waals surface area (Å²) in [5, 5.41) is 8.58. The molecule has 0 aromatic carbocycles. The fourth-order valence-corrected chi connectivity index (χ4v) is 3.21. The van der Waals surface area contributed by atoms with E-state index in [4.69, 9.17) is 9.84 Å². The molecule has 0 saturated carbocycles. The molecule has 0 amide bonds. The van der Waals surface area contributed by atoms with Gasteiger partial charge in [0, 0.05) is 33.8 Å². The maximum Gasteiger partial charge on any atom is 0.304 e. The number of ether oxygens (including phenoxy) is 1. The maximum absolute atomic E-state index is 12.1. The van der Waals surface area contributed by atoms with Crippen LogP contribution in [0.15, 0.2) is 0 Å². The van der Waals surface area contributed by atoms with E-state index in [2.05, 4.69) is 0 Å². The van der Waals surface area contributed by atoms with Gasteiger partial charge in [-0.2, -0.15) is 17.0 Å². The van der Waals surface area contributed by atoms with Crippen molar-refractivity contribution in [3.05, 3.63) is 0 Å². The van der Waals surface area contributed by atoms with E-state index in [1.165, 1.54) is 18.4 Å². The van der Waals surface area contributed by atoms with Crippen molar-refractivity contribution >= 4 is 16.2 Å². The summed E-state index contributed by atoms with van der Waals surface area (Å²) < 4.78 is 31.9. The average molecular weight is 294 g/mol. The van der Waals surface area contributed by atoms with Gasteiger partial charge in [0.1, 0.15) is 0 Å². The Bertz CT molecular complexity index is 392. The van der Waals surface area contributed by atoms with E-state index in [1.54, 1.807) is 0 Å². The minimum absolute atomic E-state index is 0.0246. The minimum Gasteiger partial charge on any atom is -0.481 e. The third kappa shape index (κ3) is 5.06. The summed E-state index contributed by atoms with van der Waals surface area (Å²) in [6, 6.07) is 0. The molecule has 112 valence electrons. The maximum atomic E-state index is 12.1. The molecule has 0 radical (unpaired) electrons. The van der Waals surface area contributed by atoms with E-state index in [0.29, 0.717) is 13.2 Å². The third-order valence-corrected chi connectivity index (χ3v) is 5.11. The van der Waals surface area contributed by atoms with Gasteiger partial charge >= 0.3 is 5.97 Å². The van der Waals surface area contributed by atoms with E-state index in [9.17, 15) is 13.2 Å².